The minimum atomic E-state index is -0.719. The van der Waals surface area contributed by atoms with Crippen LogP contribution in [0.5, 0.6) is 0 Å². The van der Waals surface area contributed by atoms with Gasteiger partial charge in [0, 0.05) is 0 Å². The molecule has 0 radical (unpaired) electrons. The quantitative estimate of drug-likeness (QED) is 0.364. The largest absolute Gasteiger partial charge is 0.566 e. The van der Waals surface area contributed by atoms with Crippen molar-refractivity contribution in [2.45, 2.75) is 6.10 Å². The average molecular weight is 134 g/mol. The van der Waals surface area contributed by atoms with E-state index < -0.39 is 11.5 Å². The number of nitrogens with zero attached hydrogens (tertiary/aromatic N) is 1. The molecule has 0 bridgehead atoms. The lowest BCUT2D eigenvalue weighted by atomic mass is 10.4. The number of quaternary nitrogens is 1. The van der Waals surface area contributed by atoms with Gasteiger partial charge in [-0.2, -0.15) is 14.6 Å². The van der Waals surface area contributed by atoms with Gasteiger partial charge in [0.2, 0.25) is 0 Å². The van der Waals surface area contributed by atoms with Crippen LogP contribution < -0.4 is 5.39 Å². The second-order valence-corrected chi connectivity index (χ2v) is 1.61. The van der Waals surface area contributed by atoms with E-state index in [9.17, 15) is 10.1 Å². The van der Waals surface area contributed by atoms with E-state index in [2.05, 4.69) is 14.9 Å². The van der Waals surface area contributed by atoms with Crippen LogP contribution in [0.4, 0.5) is 0 Å². The molecule has 9 heavy (non-hydrogen) atoms. The first-order valence-corrected chi connectivity index (χ1v) is 2.45. The van der Waals surface area contributed by atoms with Gasteiger partial charge in [-0.3, -0.25) is 0 Å². The van der Waals surface area contributed by atoms with Crippen LogP contribution in [-0.2, 0) is 9.68 Å². The minimum absolute atomic E-state index is 0.0221. The number of rotatable bonds is 2. The highest BCUT2D eigenvalue weighted by Gasteiger charge is 2.24. The zero-order valence-corrected chi connectivity index (χ0v) is 4.57. The molecule has 6 heteroatoms. The lowest BCUT2D eigenvalue weighted by molar-refractivity contribution is -1.19. The van der Waals surface area contributed by atoms with Crippen molar-refractivity contribution in [2.24, 2.45) is 5.18 Å². The van der Waals surface area contributed by atoms with Gasteiger partial charge in [-0.15, -0.1) is 0 Å². The molecule has 1 N–H and O–H groups in total. The third kappa shape index (κ3) is 1.68. The molecule has 1 saturated heterocycles. The highest BCUT2D eigenvalue weighted by molar-refractivity contribution is 4.57. The molecule has 0 aliphatic carbocycles. The van der Waals surface area contributed by atoms with Gasteiger partial charge in [-0.25, -0.2) is 0 Å². The van der Waals surface area contributed by atoms with Crippen LogP contribution >= 0.6 is 0 Å². The van der Waals surface area contributed by atoms with E-state index >= 15 is 0 Å². The molecule has 6 nitrogen and oxygen atoms in total. The Morgan fingerprint density at radius 1 is 1.89 bits per heavy atom. The SMILES string of the molecule is O=NCC1CO[NH+]([O-])O1. The lowest BCUT2D eigenvalue weighted by Gasteiger charge is -2.06. The first-order valence-electron chi connectivity index (χ1n) is 2.45. The normalized spacial score (nSPS) is 34.8. The van der Waals surface area contributed by atoms with E-state index in [0.717, 1.165) is 0 Å². The number of nitroso groups, excluding NO2 is 1. The summed E-state index contributed by atoms with van der Waals surface area (Å²) in [5, 5.41) is 12.0. The fourth-order valence-electron chi connectivity index (χ4n) is 0.538. The molecule has 0 saturated carbocycles. The maximum absolute atomic E-state index is 10.1. The third-order valence-corrected chi connectivity index (χ3v) is 0.928. The Morgan fingerprint density at radius 3 is 3.11 bits per heavy atom. The highest BCUT2D eigenvalue weighted by atomic mass is 17.1. The van der Waals surface area contributed by atoms with Crippen LogP contribution in [0.3, 0.4) is 0 Å². The van der Waals surface area contributed by atoms with Gasteiger partial charge < -0.3 is 5.21 Å². The van der Waals surface area contributed by atoms with Gasteiger partial charge in [0.15, 0.2) is 6.10 Å². The summed E-state index contributed by atoms with van der Waals surface area (Å²) in [6, 6.07) is 0. The van der Waals surface area contributed by atoms with Gasteiger partial charge in [0.1, 0.15) is 13.2 Å². The Kier molecular flexibility index (Phi) is 2.06. The van der Waals surface area contributed by atoms with Crippen molar-refractivity contribution in [3.63, 3.8) is 0 Å². The average Bonchev–Trinajstić information content (AvgIpc) is 2.17. The summed E-state index contributed by atoms with van der Waals surface area (Å²) in [5.41, 5.74) is 0. The third-order valence-electron chi connectivity index (χ3n) is 0.928. The van der Waals surface area contributed by atoms with Crippen LogP contribution in [0.1, 0.15) is 0 Å². The van der Waals surface area contributed by atoms with E-state index in [0.29, 0.717) is 0 Å². The highest BCUT2D eigenvalue weighted by Crippen LogP contribution is 1.92. The van der Waals surface area contributed by atoms with Crippen LogP contribution in [0.2, 0.25) is 0 Å². The number of hydrogen-bond acceptors (Lipinski definition) is 5. The molecule has 0 aromatic rings. The molecule has 1 aliphatic rings. The van der Waals surface area contributed by atoms with Crippen LogP contribution in [0, 0.1) is 10.1 Å². The molecule has 2 unspecified atom stereocenters. The Labute approximate surface area is 50.8 Å². The molecule has 1 rings (SSSR count). The molecule has 52 valence electrons. The maximum atomic E-state index is 10.1. The van der Waals surface area contributed by atoms with E-state index in [1.165, 1.54) is 0 Å². The molecule has 0 aromatic carbocycles. The molecule has 1 fully saturated rings. The lowest BCUT2D eigenvalue weighted by Crippen LogP contribution is -3.02. The van der Waals surface area contributed by atoms with Gasteiger partial charge in [-0.1, -0.05) is 10.6 Å². The second-order valence-electron chi connectivity index (χ2n) is 1.61. The zero-order valence-electron chi connectivity index (χ0n) is 4.57. The Bertz CT molecular complexity index is 108. The topological polar surface area (TPSA) is 75.4 Å². The van der Waals surface area contributed by atoms with Crippen molar-refractivity contribution in [3.05, 3.63) is 10.1 Å². The van der Waals surface area contributed by atoms with Crippen LogP contribution in [0.15, 0.2) is 5.18 Å². The van der Waals surface area contributed by atoms with Crippen molar-refractivity contribution >= 4 is 0 Å². The van der Waals surface area contributed by atoms with Crippen molar-refractivity contribution in [1.82, 2.24) is 0 Å². The summed E-state index contributed by atoms with van der Waals surface area (Å²) in [4.78, 5) is 18.4. The van der Waals surface area contributed by atoms with Crippen molar-refractivity contribution in [2.75, 3.05) is 13.2 Å². The standard InChI is InChI=1S/C3H6N2O4/c6-4-1-3-2-8-5(7)9-3/h3,5H,1-2H2. The van der Waals surface area contributed by atoms with E-state index in [1.54, 1.807) is 0 Å². The number of hydrogen-bond donors (Lipinski definition) is 1. The molecule has 0 amide bonds. The van der Waals surface area contributed by atoms with E-state index in [-0.39, 0.29) is 13.2 Å². The smallest absolute Gasteiger partial charge is 0.173 e. The molecular formula is C3H6N2O4. The Balaban J connectivity index is 2.21. The van der Waals surface area contributed by atoms with Gasteiger partial charge in [-0.05, 0) is 0 Å². The summed E-state index contributed by atoms with van der Waals surface area (Å²) in [6.07, 6.45) is -0.463. The van der Waals surface area contributed by atoms with E-state index in [1.807, 2.05) is 0 Å². The Morgan fingerprint density at radius 2 is 2.67 bits per heavy atom. The van der Waals surface area contributed by atoms with Gasteiger partial charge in [0.25, 0.3) is 0 Å². The van der Waals surface area contributed by atoms with Crippen molar-refractivity contribution < 1.29 is 15.1 Å². The molecule has 2 atom stereocenters. The van der Waals surface area contributed by atoms with Gasteiger partial charge >= 0.3 is 0 Å². The predicted molar refractivity (Wildman–Crippen MR) is 25.8 cm³/mol. The molecular weight excluding hydrogens is 128 g/mol. The van der Waals surface area contributed by atoms with Gasteiger partial charge in [0.05, 0.1) is 0 Å². The molecule has 1 aliphatic heterocycles. The summed E-state index contributed by atoms with van der Waals surface area (Å²) >= 11 is 0. The summed E-state index contributed by atoms with van der Waals surface area (Å²) in [5.74, 6) is 0. The molecule has 0 spiro atoms. The Hall–Kier alpha value is -0.560. The maximum Gasteiger partial charge on any atom is 0.173 e. The first-order chi connectivity index (χ1) is 4.33. The molecule has 1 heterocycles. The molecule has 0 aromatic heterocycles. The van der Waals surface area contributed by atoms with E-state index in [4.69, 9.17) is 0 Å². The monoisotopic (exact) mass is 134 g/mol. The minimum Gasteiger partial charge on any atom is -0.566 e. The summed E-state index contributed by atoms with van der Waals surface area (Å²) in [6.45, 7) is 0.121. The predicted octanol–water partition coefficient (Wildman–Crippen LogP) is -1.62. The number of nitrogens with one attached hydrogen (secondary N) is 1. The summed E-state index contributed by atoms with van der Waals surface area (Å²) < 4.78 is 0. The fraction of sp³-hybridized carbons (Fsp3) is 1.00. The summed E-state index contributed by atoms with van der Waals surface area (Å²) in [7, 11) is 0. The second kappa shape index (κ2) is 2.83. The van der Waals surface area contributed by atoms with Crippen molar-refractivity contribution in [3.8, 4) is 0 Å². The zero-order chi connectivity index (χ0) is 6.69. The first kappa shape index (κ1) is 6.56. The van der Waals surface area contributed by atoms with Crippen LogP contribution in [0.25, 0.3) is 0 Å². The van der Waals surface area contributed by atoms with Crippen LogP contribution in [-0.4, -0.2) is 19.3 Å². The fourth-order valence-corrected chi connectivity index (χ4v) is 0.538. The van der Waals surface area contributed by atoms with Crippen molar-refractivity contribution in [1.29, 1.82) is 0 Å².